The van der Waals surface area contributed by atoms with Gasteiger partial charge in [-0.25, -0.2) is 0 Å². The average Bonchev–Trinajstić information content (AvgIpc) is 2.95. The molecule has 0 aromatic heterocycles. The monoisotopic (exact) mass is 250 g/mol. The molecule has 0 aromatic carbocycles. The first-order valence-electron chi connectivity index (χ1n) is 5.12. The predicted molar refractivity (Wildman–Crippen MR) is 60.3 cm³/mol. The van der Waals surface area contributed by atoms with Crippen molar-refractivity contribution < 1.29 is 13.6 Å². The lowest BCUT2D eigenvalue weighted by Crippen LogP contribution is -2.48. The Morgan fingerprint density at radius 3 is 2.56 bits per heavy atom. The van der Waals surface area contributed by atoms with E-state index in [2.05, 4.69) is 9.88 Å². The maximum Gasteiger partial charge on any atom is 0.280 e. The smallest absolute Gasteiger partial charge is 0.280 e. The molecule has 1 fully saturated rings. The Kier molecular flexibility index (Phi) is 4.11. The lowest BCUT2D eigenvalue weighted by Gasteiger charge is -2.25. The van der Waals surface area contributed by atoms with Crippen LogP contribution in [0.3, 0.4) is 0 Å². The van der Waals surface area contributed by atoms with Crippen molar-refractivity contribution in [2.45, 2.75) is 38.8 Å². The first kappa shape index (κ1) is 13.2. The van der Waals surface area contributed by atoms with E-state index in [0.29, 0.717) is 0 Å². The van der Waals surface area contributed by atoms with Crippen LogP contribution >= 0.6 is 0 Å². The minimum Gasteiger partial charge on any atom is -0.409 e. The number of hydrogen-bond donors (Lipinski definition) is 3. The zero-order valence-corrected chi connectivity index (χ0v) is 10.2. The van der Waals surface area contributed by atoms with E-state index in [0.717, 1.165) is 12.8 Å². The highest BCUT2D eigenvalue weighted by Gasteiger charge is 2.32. The highest BCUT2D eigenvalue weighted by molar-refractivity contribution is 7.87. The summed E-state index contributed by atoms with van der Waals surface area (Å²) in [4.78, 5) is 0. The number of oxime groups is 1. The van der Waals surface area contributed by atoms with Crippen LogP contribution in [0.15, 0.2) is 5.16 Å². The fourth-order valence-electron chi connectivity index (χ4n) is 1.22. The second-order valence-corrected chi connectivity index (χ2v) is 5.78. The Bertz CT molecular complexity index is 361. The molecule has 0 atom stereocenters. The number of hydrogen-bond acceptors (Lipinski definition) is 4. The summed E-state index contributed by atoms with van der Waals surface area (Å²) in [5.41, 5.74) is 5.32. The molecule has 8 heteroatoms. The minimum atomic E-state index is -3.55. The molecule has 7 nitrogen and oxygen atoms in total. The van der Waals surface area contributed by atoms with Crippen molar-refractivity contribution in [3.63, 3.8) is 0 Å². The van der Waals surface area contributed by atoms with Gasteiger partial charge >= 0.3 is 0 Å². The van der Waals surface area contributed by atoms with E-state index >= 15 is 0 Å². The molecule has 1 aliphatic carbocycles. The van der Waals surface area contributed by atoms with Gasteiger partial charge in [0.25, 0.3) is 10.2 Å². The number of nitrogens with two attached hydrogens (primary N) is 1. The van der Waals surface area contributed by atoms with Crippen LogP contribution in [-0.4, -0.2) is 42.4 Å². The van der Waals surface area contributed by atoms with Gasteiger partial charge in [0.1, 0.15) is 0 Å². The summed E-state index contributed by atoms with van der Waals surface area (Å²) in [6.45, 7) is 3.35. The normalized spacial score (nSPS) is 18.4. The number of nitrogens with zero attached hydrogens (tertiary/aromatic N) is 2. The van der Waals surface area contributed by atoms with Crippen LogP contribution < -0.4 is 10.5 Å². The van der Waals surface area contributed by atoms with Crippen LogP contribution in [0.1, 0.15) is 26.7 Å². The van der Waals surface area contributed by atoms with Crippen LogP contribution in [-0.2, 0) is 10.2 Å². The highest BCUT2D eigenvalue weighted by Crippen LogP contribution is 2.21. The molecule has 0 heterocycles. The van der Waals surface area contributed by atoms with Gasteiger partial charge in [-0.15, -0.1) is 0 Å². The van der Waals surface area contributed by atoms with Crippen LogP contribution in [0.4, 0.5) is 0 Å². The first-order valence-corrected chi connectivity index (χ1v) is 6.56. The molecule has 4 N–H and O–H groups in total. The Morgan fingerprint density at radius 1 is 1.62 bits per heavy atom. The number of amidine groups is 1. The molecule has 0 saturated heterocycles. The molecule has 94 valence electrons. The molecule has 0 unspecified atom stereocenters. The van der Waals surface area contributed by atoms with Crippen molar-refractivity contribution in [3.8, 4) is 0 Å². The molecule has 0 aliphatic heterocycles. The van der Waals surface area contributed by atoms with E-state index in [9.17, 15) is 8.42 Å². The average molecular weight is 250 g/mol. The number of nitrogens with one attached hydrogen (secondary N) is 1. The maximum atomic E-state index is 11.9. The van der Waals surface area contributed by atoms with Crippen molar-refractivity contribution in [3.05, 3.63) is 0 Å². The Hall–Kier alpha value is -0.860. The SMILES string of the molecule is CC(C)N(CC(N)=NO)S(=O)(=O)NC1CC1. The highest BCUT2D eigenvalue weighted by atomic mass is 32.2. The van der Waals surface area contributed by atoms with Crippen LogP contribution in [0.25, 0.3) is 0 Å². The third-order valence-corrected chi connectivity index (χ3v) is 4.02. The van der Waals surface area contributed by atoms with Gasteiger partial charge in [0.2, 0.25) is 0 Å². The van der Waals surface area contributed by atoms with E-state index < -0.39 is 10.2 Å². The lowest BCUT2D eigenvalue weighted by molar-refractivity contribution is 0.311. The molecule has 1 aliphatic rings. The zero-order valence-electron chi connectivity index (χ0n) is 9.42. The molecule has 0 bridgehead atoms. The van der Waals surface area contributed by atoms with Crippen molar-refractivity contribution in [2.75, 3.05) is 6.54 Å². The van der Waals surface area contributed by atoms with Crippen molar-refractivity contribution >= 4 is 16.0 Å². The molecular weight excluding hydrogens is 232 g/mol. The molecule has 0 aromatic rings. The van der Waals surface area contributed by atoms with E-state index in [1.807, 2.05) is 0 Å². The van der Waals surface area contributed by atoms with Gasteiger partial charge in [-0.2, -0.15) is 17.4 Å². The molecule has 1 rings (SSSR count). The second-order valence-electron chi connectivity index (χ2n) is 4.13. The predicted octanol–water partition coefficient (Wildman–Crippen LogP) is -0.560. The topological polar surface area (TPSA) is 108 Å². The Labute approximate surface area is 95.5 Å². The van der Waals surface area contributed by atoms with Crippen LogP contribution in [0, 0.1) is 0 Å². The summed E-state index contributed by atoms with van der Waals surface area (Å²) in [7, 11) is -3.55. The summed E-state index contributed by atoms with van der Waals surface area (Å²) in [5, 5.41) is 11.2. The summed E-state index contributed by atoms with van der Waals surface area (Å²) < 4.78 is 27.5. The van der Waals surface area contributed by atoms with Gasteiger partial charge in [0.15, 0.2) is 5.84 Å². The second kappa shape index (κ2) is 4.98. The van der Waals surface area contributed by atoms with Gasteiger partial charge in [-0.1, -0.05) is 5.16 Å². The number of rotatable bonds is 6. The summed E-state index contributed by atoms with van der Waals surface area (Å²) >= 11 is 0. The van der Waals surface area contributed by atoms with Crippen molar-refractivity contribution in [1.29, 1.82) is 0 Å². The van der Waals surface area contributed by atoms with Crippen LogP contribution in [0.2, 0.25) is 0 Å². The quantitative estimate of drug-likeness (QED) is 0.254. The molecule has 0 spiro atoms. The van der Waals surface area contributed by atoms with Crippen molar-refractivity contribution in [1.82, 2.24) is 9.03 Å². The van der Waals surface area contributed by atoms with Crippen molar-refractivity contribution in [2.24, 2.45) is 10.9 Å². The van der Waals surface area contributed by atoms with Gasteiger partial charge in [0, 0.05) is 12.1 Å². The van der Waals surface area contributed by atoms with E-state index in [-0.39, 0.29) is 24.5 Å². The fraction of sp³-hybridized carbons (Fsp3) is 0.875. The molecular formula is C8H18N4O3S. The summed E-state index contributed by atoms with van der Waals surface area (Å²) in [6, 6.07) is -0.213. The van der Waals surface area contributed by atoms with E-state index in [1.54, 1.807) is 13.8 Å². The molecule has 16 heavy (non-hydrogen) atoms. The Balaban J connectivity index is 2.74. The lowest BCUT2D eigenvalue weighted by atomic mass is 10.4. The largest absolute Gasteiger partial charge is 0.409 e. The van der Waals surface area contributed by atoms with Gasteiger partial charge in [-0.3, -0.25) is 0 Å². The Morgan fingerprint density at radius 2 is 2.19 bits per heavy atom. The first-order chi connectivity index (χ1) is 7.36. The summed E-state index contributed by atoms with van der Waals surface area (Å²) in [5.74, 6) is -0.130. The molecule has 0 amide bonds. The molecule has 1 saturated carbocycles. The van der Waals surface area contributed by atoms with Gasteiger partial charge in [0.05, 0.1) is 6.54 Å². The fourth-order valence-corrected chi connectivity index (χ4v) is 2.87. The zero-order chi connectivity index (χ0) is 12.3. The summed E-state index contributed by atoms with van der Waals surface area (Å²) in [6.07, 6.45) is 1.74. The van der Waals surface area contributed by atoms with E-state index in [1.165, 1.54) is 4.31 Å². The van der Waals surface area contributed by atoms with Gasteiger partial charge in [-0.05, 0) is 26.7 Å². The van der Waals surface area contributed by atoms with Gasteiger partial charge < -0.3 is 10.9 Å². The minimum absolute atomic E-state index is 0.0403. The standard InChI is InChI=1S/C8H18N4O3S/c1-6(2)12(5-8(9)10-13)16(14,15)11-7-3-4-7/h6-7,11,13H,3-5H2,1-2H3,(H2,9,10). The van der Waals surface area contributed by atoms with E-state index in [4.69, 9.17) is 10.9 Å². The third kappa shape index (κ3) is 3.62. The molecule has 0 radical (unpaired) electrons. The third-order valence-electron chi connectivity index (χ3n) is 2.22. The maximum absolute atomic E-state index is 11.9. The van der Waals surface area contributed by atoms with Crippen LogP contribution in [0.5, 0.6) is 0 Å².